The van der Waals surface area contributed by atoms with Gasteiger partial charge in [0, 0.05) is 10.2 Å². The number of aromatic nitrogens is 2. The Morgan fingerprint density at radius 1 is 1.25 bits per heavy atom. The van der Waals surface area contributed by atoms with Crippen molar-refractivity contribution in [3.05, 3.63) is 52.5 Å². The molecular formula is C14H12BrN3OS. The van der Waals surface area contributed by atoms with Crippen LogP contribution in [0.15, 0.2) is 52.1 Å². The molecule has 1 unspecified atom stereocenters. The third-order valence-electron chi connectivity index (χ3n) is 2.89. The molecule has 3 rings (SSSR count). The second-order valence-electron chi connectivity index (χ2n) is 4.44. The Bertz CT molecular complexity index is 800. The fourth-order valence-electron chi connectivity index (χ4n) is 1.96. The van der Waals surface area contributed by atoms with Crippen LogP contribution in [-0.4, -0.2) is 14.2 Å². The van der Waals surface area contributed by atoms with Gasteiger partial charge in [-0.15, -0.1) is 0 Å². The van der Waals surface area contributed by atoms with Gasteiger partial charge in [-0.05, 0) is 35.9 Å². The van der Waals surface area contributed by atoms with Crippen molar-refractivity contribution in [1.29, 1.82) is 0 Å². The van der Waals surface area contributed by atoms with E-state index in [1.165, 1.54) is 0 Å². The highest BCUT2D eigenvalue weighted by molar-refractivity contribution is 9.10. The summed E-state index contributed by atoms with van der Waals surface area (Å²) in [6.07, 6.45) is 0. The molecule has 0 saturated carbocycles. The number of benzene rings is 2. The van der Waals surface area contributed by atoms with Gasteiger partial charge in [-0.1, -0.05) is 28.1 Å². The Morgan fingerprint density at radius 2 is 2.10 bits per heavy atom. The SMILES string of the molecule is Nc1ccc2nc(S(=O)Cc3cccc(Br)c3)[nH]c2c1. The first-order chi connectivity index (χ1) is 9.61. The number of nitrogen functional groups attached to an aromatic ring is 1. The molecule has 0 fully saturated rings. The molecular weight excluding hydrogens is 338 g/mol. The molecule has 4 nitrogen and oxygen atoms in total. The molecule has 102 valence electrons. The van der Waals surface area contributed by atoms with Crippen LogP contribution in [0.5, 0.6) is 0 Å². The quantitative estimate of drug-likeness (QED) is 0.713. The Morgan fingerprint density at radius 3 is 2.90 bits per heavy atom. The van der Waals surface area contributed by atoms with Crippen molar-refractivity contribution in [2.24, 2.45) is 0 Å². The van der Waals surface area contributed by atoms with Crippen LogP contribution >= 0.6 is 15.9 Å². The number of nitrogens with one attached hydrogen (secondary N) is 1. The number of imidazole rings is 1. The molecule has 2 aromatic carbocycles. The molecule has 0 amide bonds. The molecule has 0 aliphatic rings. The molecule has 0 saturated heterocycles. The van der Waals surface area contributed by atoms with Crippen molar-refractivity contribution in [1.82, 2.24) is 9.97 Å². The maximum Gasteiger partial charge on any atom is 0.197 e. The van der Waals surface area contributed by atoms with E-state index in [1.54, 1.807) is 12.1 Å². The smallest absolute Gasteiger partial charge is 0.197 e. The summed E-state index contributed by atoms with van der Waals surface area (Å²) >= 11 is 3.41. The van der Waals surface area contributed by atoms with E-state index in [2.05, 4.69) is 25.9 Å². The lowest BCUT2D eigenvalue weighted by Gasteiger charge is -2.00. The van der Waals surface area contributed by atoms with E-state index in [-0.39, 0.29) is 0 Å². The van der Waals surface area contributed by atoms with Crippen LogP contribution in [0, 0.1) is 0 Å². The zero-order chi connectivity index (χ0) is 14.1. The molecule has 3 aromatic rings. The van der Waals surface area contributed by atoms with E-state index >= 15 is 0 Å². The second kappa shape index (κ2) is 5.38. The first-order valence-corrected chi connectivity index (χ1v) is 8.11. The zero-order valence-corrected chi connectivity index (χ0v) is 12.9. The first kappa shape index (κ1) is 13.3. The fraction of sp³-hybridized carbons (Fsp3) is 0.0714. The molecule has 1 aromatic heterocycles. The lowest BCUT2D eigenvalue weighted by molar-refractivity contribution is 0.677. The zero-order valence-electron chi connectivity index (χ0n) is 10.5. The number of aromatic amines is 1. The number of anilines is 1. The van der Waals surface area contributed by atoms with E-state index in [0.29, 0.717) is 16.6 Å². The minimum Gasteiger partial charge on any atom is -0.399 e. The number of hydrogen-bond acceptors (Lipinski definition) is 3. The van der Waals surface area contributed by atoms with Crippen LogP contribution in [0.4, 0.5) is 5.69 Å². The van der Waals surface area contributed by atoms with Crippen molar-refractivity contribution in [3.63, 3.8) is 0 Å². The highest BCUT2D eigenvalue weighted by Gasteiger charge is 2.11. The average molecular weight is 350 g/mol. The Hall–Kier alpha value is -1.66. The van der Waals surface area contributed by atoms with Gasteiger partial charge in [0.15, 0.2) is 5.16 Å². The molecule has 0 radical (unpaired) electrons. The second-order valence-corrected chi connectivity index (χ2v) is 6.72. The predicted molar refractivity (Wildman–Crippen MR) is 84.8 cm³/mol. The van der Waals surface area contributed by atoms with Crippen molar-refractivity contribution < 1.29 is 4.21 Å². The lowest BCUT2D eigenvalue weighted by atomic mass is 10.2. The summed E-state index contributed by atoms with van der Waals surface area (Å²) in [6, 6.07) is 13.2. The summed E-state index contributed by atoms with van der Waals surface area (Å²) < 4.78 is 13.3. The van der Waals surface area contributed by atoms with E-state index < -0.39 is 10.8 Å². The number of rotatable bonds is 3. The number of nitrogens with two attached hydrogens (primary N) is 1. The molecule has 3 N–H and O–H groups in total. The molecule has 0 aliphatic carbocycles. The summed E-state index contributed by atoms with van der Waals surface area (Å²) in [6.45, 7) is 0. The van der Waals surface area contributed by atoms with Gasteiger partial charge >= 0.3 is 0 Å². The first-order valence-electron chi connectivity index (χ1n) is 6.00. The van der Waals surface area contributed by atoms with Gasteiger partial charge in [0.1, 0.15) is 0 Å². The normalized spacial score (nSPS) is 12.7. The van der Waals surface area contributed by atoms with Crippen molar-refractivity contribution in [2.45, 2.75) is 10.9 Å². The third kappa shape index (κ3) is 2.76. The van der Waals surface area contributed by atoms with Crippen molar-refractivity contribution in [2.75, 3.05) is 5.73 Å². The maximum absolute atomic E-state index is 12.4. The van der Waals surface area contributed by atoms with Crippen molar-refractivity contribution in [3.8, 4) is 0 Å². The predicted octanol–water partition coefficient (Wildman–Crippen LogP) is 3.22. The summed E-state index contributed by atoms with van der Waals surface area (Å²) in [5, 5.41) is 0.477. The standard InChI is InChI=1S/C14H12BrN3OS/c15-10-3-1-2-9(6-10)8-20(19)14-17-12-5-4-11(16)7-13(12)18-14/h1-7H,8,16H2,(H,17,18). The van der Waals surface area contributed by atoms with Crippen molar-refractivity contribution >= 4 is 43.5 Å². The van der Waals surface area contributed by atoms with E-state index in [0.717, 1.165) is 21.1 Å². The average Bonchev–Trinajstić information content (AvgIpc) is 2.81. The number of nitrogens with zero attached hydrogens (tertiary/aromatic N) is 1. The fourth-order valence-corrected chi connectivity index (χ4v) is 3.45. The third-order valence-corrected chi connectivity index (χ3v) is 4.60. The monoisotopic (exact) mass is 349 g/mol. The van der Waals surface area contributed by atoms with E-state index in [4.69, 9.17) is 5.73 Å². The number of hydrogen-bond donors (Lipinski definition) is 2. The maximum atomic E-state index is 12.4. The van der Waals surface area contributed by atoms with Crippen LogP contribution in [0.1, 0.15) is 5.56 Å². The summed E-state index contributed by atoms with van der Waals surface area (Å²) in [5.41, 5.74) is 8.96. The molecule has 6 heteroatoms. The molecule has 1 atom stereocenters. The van der Waals surface area contributed by atoms with Crippen LogP contribution in [0.3, 0.4) is 0 Å². The summed E-state index contributed by atoms with van der Waals surface area (Å²) in [5.74, 6) is 0.425. The molecule has 0 aliphatic heterocycles. The lowest BCUT2D eigenvalue weighted by Crippen LogP contribution is -1.98. The van der Waals surface area contributed by atoms with Gasteiger partial charge in [-0.2, -0.15) is 0 Å². The minimum atomic E-state index is -1.21. The summed E-state index contributed by atoms with van der Waals surface area (Å²) in [7, 11) is -1.21. The largest absolute Gasteiger partial charge is 0.399 e. The number of fused-ring (bicyclic) bond motifs is 1. The highest BCUT2D eigenvalue weighted by atomic mass is 79.9. The number of halogens is 1. The Balaban J connectivity index is 1.88. The Labute approximate surface area is 127 Å². The van der Waals surface area contributed by atoms with E-state index in [9.17, 15) is 4.21 Å². The van der Waals surface area contributed by atoms with Gasteiger partial charge < -0.3 is 10.7 Å². The Kier molecular flexibility index (Phi) is 3.58. The van der Waals surface area contributed by atoms with Gasteiger partial charge in [-0.25, -0.2) is 4.98 Å². The van der Waals surface area contributed by atoms with Crippen LogP contribution in [0.2, 0.25) is 0 Å². The molecule has 1 heterocycles. The molecule has 0 spiro atoms. The molecule has 0 bridgehead atoms. The van der Waals surface area contributed by atoms with Gasteiger partial charge in [0.05, 0.1) is 27.6 Å². The summed E-state index contributed by atoms with van der Waals surface area (Å²) in [4.78, 5) is 7.42. The topological polar surface area (TPSA) is 71.8 Å². The minimum absolute atomic E-state index is 0.425. The van der Waals surface area contributed by atoms with Gasteiger partial charge in [0.2, 0.25) is 0 Å². The number of H-pyrrole nitrogens is 1. The molecule has 20 heavy (non-hydrogen) atoms. The van der Waals surface area contributed by atoms with Gasteiger partial charge in [0.25, 0.3) is 0 Å². The van der Waals surface area contributed by atoms with E-state index in [1.807, 2.05) is 30.3 Å². The van der Waals surface area contributed by atoms with Gasteiger partial charge in [-0.3, -0.25) is 4.21 Å². The van der Waals surface area contributed by atoms with Crippen LogP contribution in [-0.2, 0) is 16.6 Å². The van der Waals surface area contributed by atoms with Crippen LogP contribution in [0.25, 0.3) is 11.0 Å². The van der Waals surface area contributed by atoms with Crippen LogP contribution < -0.4 is 5.73 Å². The highest BCUT2D eigenvalue weighted by Crippen LogP contribution is 2.19.